The molecule has 0 aromatic heterocycles. The first kappa shape index (κ1) is 26.1. The van der Waals surface area contributed by atoms with Gasteiger partial charge in [0, 0.05) is 13.5 Å². The van der Waals surface area contributed by atoms with Crippen molar-refractivity contribution in [3.63, 3.8) is 0 Å². The molecule has 0 unspecified atom stereocenters. The molecule has 1 heterocycles. The molecular formula is C20H21F6N3O4. The zero-order chi connectivity index (χ0) is 25.4. The number of aliphatic imine (C=N–C) groups is 1. The number of benzene rings is 1. The van der Waals surface area contributed by atoms with Gasteiger partial charge in [-0.2, -0.15) is 26.3 Å². The van der Waals surface area contributed by atoms with E-state index in [0.29, 0.717) is 11.1 Å². The maximum absolute atomic E-state index is 13.1. The van der Waals surface area contributed by atoms with Crippen molar-refractivity contribution in [2.24, 2.45) is 16.1 Å². The molecule has 1 aliphatic heterocycles. The third kappa shape index (κ3) is 5.63. The molecule has 182 valence electrons. The Morgan fingerprint density at radius 2 is 1.73 bits per heavy atom. The molecule has 1 atom stereocenters. The Labute approximate surface area is 184 Å². The van der Waals surface area contributed by atoms with Crippen LogP contribution < -0.4 is 5.73 Å². The smallest absolute Gasteiger partial charge is 0.475 e. The second kappa shape index (κ2) is 8.67. The Morgan fingerprint density at radius 1 is 1.18 bits per heavy atom. The summed E-state index contributed by atoms with van der Waals surface area (Å²) in [5.41, 5.74) is 3.82. The van der Waals surface area contributed by atoms with E-state index in [1.807, 2.05) is 0 Å². The molecule has 1 fully saturated rings. The fraction of sp³-hybridized carbons (Fsp3) is 0.500. The van der Waals surface area contributed by atoms with Gasteiger partial charge in [-0.25, -0.2) is 9.79 Å². The Bertz CT molecular complexity index is 985. The topological polar surface area (TPSA) is 113 Å². The molecule has 3 N–H and O–H groups in total. The predicted octanol–water partition coefficient (Wildman–Crippen LogP) is 3.17. The number of amides is 1. The lowest BCUT2D eigenvalue weighted by Gasteiger charge is -2.33. The first-order valence-electron chi connectivity index (χ1n) is 9.54. The summed E-state index contributed by atoms with van der Waals surface area (Å²) in [5, 5.41) is 7.12. The summed E-state index contributed by atoms with van der Waals surface area (Å²) < 4.78 is 71.1. The number of hydrogen-bond donors (Lipinski definition) is 2. The van der Waals surface area contributed by atoms with Crippen molar-refractivity contribution in [3.05, 3.63) is 35.4 Å². The highest BCUT2D eigenvalue weighted by atomic mass is 19.4. The van der Waals surface area contributed by atoms with E-state index in [9.17, 15) is 35.9 Å². The third-order valence-corrected chi connectivity index (χ3v) is 5.56. The third-order valence-electron chi connectivity index (χ3n) is 5.56. The zero-order valence-electron chi connectivity index (χ0n) is 17.5. The van der Waals surface area contributed by atoms with Crippen LogP contribution in [0.2, 0.25) is 0 Å². The monoisotopic (exact) mass is 481 g/mol. The van der Waals surface area contributed by atoms with Crippen LogP contribution in [0.25, 0.3) is 0 Å². The fourth-order valence-electron chi connectivity index (χ4n) is 3.29. The molecule has 0 saturated heterocycles. The van der Waals surface area contributed by atoms with E-state index < -0.39 is 35.1 Å². The molecule has 1 saturated carbocycles. The largest absolute Gasteiger partial charge is 0.490 e. The number of alkyl halides is 6. The van der Waals surface area contributed by atoms with Gasteiger partial charge >= 0.3 is 18.3 Å². The van der Waals surface area contributed by atoms with E-state index in [2.05, 4.69) is 4.99 Å². The van der Waals surface area contributed by atoms with Crippen LogP contribution >= 0.6 is 0 Å². The van der Waals surface area contributed by atoms with Gasteiger partial charge in [-0.1, -0.05) is 24.3 Å². The van der Waals surface area contributed by atoms with Crippen LogP contribution in [0.3, 0.4) is 0 Å². The first-order chi connectivity index (χ1) is 14.9. The lowest BCUT2D eigenvalue weighted by atomic mass is 9.85. The highest BCUT2D eigenvalue weighted by Crippen LogP contribution is 2.58. The van der Waals surface area contributed by atoms with Crippen LogP contribution in [-0.2, 0) is 26.3 Å². The molecule has 1 aliphatic carbocycles. The van der Waals surface area contributed by atoms with Crippen LogP contribution in [0.4, 0.5) is 26.3 Å². The standard InChI is InChI=1S/C18H20F3N3O2.C2HF3O2/c1-16(10-14(26)24(2)15(22)23-16)12-5-3-4-11(8-12)9-13(25)17(6-7-17)18(19,20)21;3-2(4,5)1(6)7/h3-5,8H,6-7,9-10H2,1-2H3,(H2,22,23);(H,6,7)/t16-;/m0./s1. The van der Waals surface area contributed by atoms with Crippen LogP contribution in [0.1, 0.15) is 37.3 Å². The van der Waals surface area contributed by atoms with E-state index >= 15 is 0 Å². The van der Waals surface area contributed by atoms with E-state index in [0.717, 1.165) is 0 Å². The Morgan fingerprint density at radius 3 is 2.15 bits per heavy atom. The van der Waals surface area contributed by atoms with Crippen molar-refractivity contribution in [3.8, 4) is 0 Å². The van der Waals surface area contributed by atoms with Crippen LogP contribution in [0.15, 0.2) is 29.3 Å². The fourth-order valence-corrected chi connectivity index (χ4v) is 3.29. The Kier molecular flexibility index (Phi) is 6.87. The summed E-state index contributed by atoms with van der Waals surface area (Å²) >= 11 is 0. The summed E-state index contributed by atoms with van der Waals surface area (Å²) in [6, 6.07) is 6.64. The Hall–Kier alpha value is -3.12. The van der Waals surface area contributed by atoms with Crippen LogP contribution in [0, 0.1) is 5.41 Å². The number of aliphatic carboxylic acids is 1. The number of halogens is 6. The van der Waals surface area contributed by atoms with E-state index in [-0.39, 0.29) is 37.6 Å². The molecule has 0 spiro atoms. The number of carboxylic acid groups (broad SMARTS) is 1. The van der Waals surface area contributed by atoms with Gasteiger partial charge < -0.3 is 10.8 Å². The minimum Gasteiger partial charge on any atom is -0.475 e. The lowest BCUT2D eigenvalue weighted by Crippen LogP contribution is -2.47. The molecule has 0 radical (unpaired) electrons. The summed E-state index contributed by atoms with van der Waals surface area (Å²) in [7, 11) is 1.53. The van der Waals surface area contributed by atoms with E-state index in [1.54, 1.807) is 31.2 Å². The molecule has 1 aromatic carbocycles. The summed E-state index contributed by atoms with van der Waals surface area (Å²) in [6.07, 6.45) is -10.1. The van der Waals surface area contributed by atoms with Crippen molar-refractivity contribution in [2.45, 2.75) is 50.5 Å². The normalized spacial score (nSPS) is 22.1. The number of hydrogen-bond acceptors (Lipinski definition) is 5. The quantitative estimate of drug-likeness (QED) is 0.642. The van der Waals surface area contributed by atoms with Gasteiger partial charge in [0.2, 0.25) is 5.91 Å². The molecule has 2 aliphatic rings. The number of ketones is 1. The van der Waals surface area contributed by atoms with Gasteiger partial charge in [-0.3, -0.25) is 14.5 Å². The summed E-state index contributed by atoms with van der Waals surface area (Å²) in [6.45, 7) is 1.74. The number of carbonyl (C=O) groups excluding carboxylic acids is 2. The van der Waals surface area contributed by atoms with Gasteiger partial charge in [0.15, 0.2) is 11.7 Å². The van der Waals surface area contributed by atoms with Crippen molar-refractivity contribution < 1.29 is 45.8 Å². The first-order valence-corrected chi connectivity index (χ1v) is 9.54. The van der Waals surface area contributed by atoms with Gasteiger partial charge in [-0.15, -0.1) is 0 Å². The molecular weight excluding hydrogens is 460 g/mol. The number of carboxylic acids is 1. The lowest BCUT2D eigenvalue weighted by molar-refractivity contribution is -0.193. The average molecular weight is 481 g/mol. The number of carbonyl (C=O) groups is 3. The summed E-state index contributed by atoms with van der Waals surface area (Å²) in [5.74, 6) is -3.68. The maximum Gasteiger partial charge on any atom is 0.490 e. The van der Waals surface area contributed by atoms with Crippen LogP contribution in [-0.4, -0.2) is 53.0 Å². The second-order valence-electron chi connectivity index (χ2n) is 8.06. The number of nitrogens with two attached hydrogens (primary N) is 1. The SMILES string of the molecule is CN1C(=O)C[C@@](C)(c2cccc(CC(=O)C3(C(F)(F)F)CC3)c2)N=C1N.O=C(O)C(F)(F)F. The average Bonchev–Trinajstić information content (AvgIpc) is 3.48. The number of nitrogens with zero attached hydrogens (tertiary/aromatic N) is 2. The number of Topliss-reactive ketones (excluding diaryl/α,β-unsaturated/α-hetero) is 1. The van der Waals surface area contributed by atoms with E-state index in [4.69, 9.17) is 15.6 Å². The van der Waals surface area contributed by atoms with Crippen molar-refractivity contribution in [2.75, 3.05) is 7.05 Å². The van der Waals surface area contributed by atoms with Crippen LogP contribution in [0.5, 0.6) is 0 Å². The molecule has 33 heavy (non-hydrogen) atoms. The predicted molar refractivity (Wildman–Crippen MR) is 103 cm³/mol. The maximum atomic E-state index is 13.1. The zero-order valence-corrected chi connectivity index (χ0v) is 17.5. The minimum atomic E-state index is -5.08. The molecule has 3 rings (SSSR count). The van der Waals surface area contributed by atoms with Crippen molar-refractivity contribution in [1.82, 2.24) is 4.90 Å². The molecule has 0 bridgehead atoms. The molecule has 1 aromatic rings. The highest BCUT2D eigenvalue weighted by molar-refractivity contribution is 5.98. The summed E-state index contributed by atoms with van der Waals surface area (Å²) in [4.78, 5) is 38.8. The Balaban J connectivity index is 0.000000479. The number of guanidine groups is 1. The minimum absolute atomic E-state index is 0.0826. The molecule has 13 heteroatoms. The molecule has 7 nitrogen and oxygen atoms in total. The van der Waals surface area contributed by atoms with Gasteiger partial charge in [0.1, 0.15) is 5.41 Å². The van der Waals surface area contributed by atoms with Gasteiger partial charge in [-0.05, 0) is 30.9 Å². The van der Waals surface area contributed by atoms with Crippen molar-refractivity contribution >= 4 is 23.6 Å². The number of rotatable bonds is 4. The van der Waals surface area contributed by atoms with Gasteiger partial charge in [0.25, 0.3) is 0 Å². The van der Waals surface area contributed by atoms with Gasteiger partial charge in [0.05, 0.1) is 12.0 Å². The van der Waals surface area contributed by atoms with Crippen molar-refractivity contribution in [1.29, 1.82) is 0 Å². The molecule has 1 amide bonds. The highest BCUT2D eigenvalue weighted by Gasteiger charge is 2.67. The van der Waals surface area contributed by atoms with E-state index in [1.165, 1.54) is 11.9 Å². The second-order valence-corrected chi connectivity index (χ2v) is 8.06.